The standard InChI is InChI=1S/C12H10.2C6H7.C2H7Si.Hf/c1-3-7-11(8-4-1)12-9-5-2-6-10-12;2*1-6-4-2-3-5-6;1-3-2;/h1-10H;2*2,4H,3H2,1H3;3H,1-2H3;. The SMILES string of the molecule is CC1=[C]([Hf]([C]2=C(C)C=CC2)[SiH](C)C)CC=C1.c1ccc(-c2ccccc2)cc1. The molecule has 28 heavy (non-hydrogen) atoms. The summed E-state index contributed by atoms with van der Waals surface area (Å²) in [5.74, 6) is -0.452. The van der Waals surface area contributed by atoms with E-state index in [2.05, 4.69) is 99.8 Å². The van der Waals surface area contributed by atoms with Crippen molar-refractivity contribution in [1.82, 2.24) is 0 Å². The molecule has 0 radical (unpaired) electrons. The van der Waals surface area contributed by atoms with E-state index in [0.717, 1.165) is 0 Å². The van der Waals surface area contributed by atoms with Crippen LogP contribution in [-0.4, -0.2) is 5.98 Å². The van der Waals surface area contributed by atoms with Crippen LogP contribution in [0, 0.1) is 0 Å². The van der Waals surface area contributed by atoms with Gasteiger partial charge in [-0.1, -0.05) is 60.7 Å². The average Bonchev–Trinajstić information content (AvgIpc) is 3.33. The van der Waals surface area contributed by atoms with Crippen LogP contribution in [-0.2, 0) is 20.6 Å². The van der Waals surface area contributed by atoms with Crippen molar-refractivity contribution in [3.8, 4) is 11.1 Å². The molecule has 0 aliphatic heterocycles. The first-order chi connectivity index (χ1) is 13.6. The topological polar surface area (TPSA) is 0 Å². The molecule has 2 aromatic carbocycles. The zero-order valence-electron chi connectivity index (χ0n) is 17.6. The summed E-state index contributed by atoms with van der Waals surface area (Å²) < 4.78 is 3.84. The van der Waals surface area contributed by atoms with Crippen molar-refractivity contribution in [3.63, 3.8) is 0 Å². The first-order valence-corrected chi connectivity index (χ1v) is 23.0. The van der Waals surface area contributed by atoms with Crippen LogP contribution in [0.3, 0.4) is 0 Å². The van der Waals surface area contributed by atoms with E-state index in [1.807, 2.05) is 18.8 Å². The van der Waals surface area contributed by atoms with Gasteiger partial charge in [-0.3, -0.25) is 0 Å². The van der Waals surface area contributed by atoms with Gasteiger partial charge in [0.2, 0.25) is 0 Å². The Morgan fingerprint density at radius 1 is 0.643 bits per heavy atom. The van der Waals surface area contributed by atoms with Crippen LogP contribution >= 0.6 is 0 Å². The molecule has 0 aromatic heterocycles. The molecule has 0 amide bonds. The first-order valence-electron chi connectivity index (χ1n) is 10.3. The van der Waals surface area contributed by atoms with Crippen molar-refractivity contribution in [1.29, 1.82) is 0 Å². The summed E-state index contributed by atoms with van der Waals surface area (Å²) in [6.07, 6.45) is 12.0. The van der Waals surface area contributed by atoms with E-state index in [0.29, 0.717) is 0 Å². The minimum Gasteiger partial charge on any atom is -0.0622 e. The van der Waals surface area contributed by atoms with E-state index in [9.17, 15) is 0 Å². The maximum absolute atomic E-state index is 2.58. The third-order valence-electron chi connectivity index (χ3n) is 5.44. The molecule has 0 heterocycles. The smallest absolute Gasteiger partial charge is 0.0184 e. The molecule has 0 unspecified atom stereocenters. The Bertz CT molecular complexity index is 828. The Kier molecular flexibility index (Phi) is 7.81. The second-order valence-electron chi connectivity index (χ2n) is 7.84. The maximum Gasteiger partial charge on any atom is -0.0184 e. The van der Waals surface area contributed by atoms with Gasteiger partial charge in [0.05, 0.1) is 0 Å². The van der Waals surface area contributed by atoms with Gasteiger partial charge in [0, 0.05) is 0 Å². The summed E-state index contributed by atoms with van der Waals surface area (Å²) in [5, 5.41) is 0. The normalized spacial score (nSPS) is 15.3. The van der Waals surface area contributed by atoms with Crippen LogP contribution in [0.15, 0.2) is 103 Å². The Morgan fingerprint density at radius 2 is 1.04 bits per heavy atom. The van der Waals surface area contributed by atoms with E-state index in [-0.39, 0.29) is 0 Å². The largest absolute Gasteiger partial charge is 0.0622 e. The quantitative estimate of drug-likeness (QED) is 0.348. The molecule has 143 valence electrons. The van der Waals surface area contributed by atoms with Gasteiger partial charge in [0.1, 0.15) is 0 Å². The van der Waals surface area contributed by atoms with Crippen LogP contribution in [0.1, 0.15) is 26.7 Å². The van der Waals surface area contributed by atoms with Crippen LogP contribution in [0.5, 0.6) is 0 Å². The van der Waals surface area contributed by atoms with E-state index in [4.69, 9.17) is 0 Å². The molecule has 2 aliphatic rings. The Morgan fingerprint density at radius 3 is 1.32 bits per heavy atom. The Balaban J connectivity index is 0.000000167. The van der Waals surface area contributed by atoms with Gasteiger partial charge >= 0.3 is 108 Å². The van der Waals surface area contributed by atoms with Gasteiger partial charge in [-0.15, -0.1) is 0 Å². The third kappa shape index (κ3) is 5.30. The average molecular weight is 550 g/mol. The summed E-state index contributed by atoms with van der Waals surface area (Å²) in [5.41, 5.74) is 5.79. The van der Waals surface area contributed by atoms with Crippen LogP contribution < -0.4 is 0 Å². The van der Waals surface area contributed by atoms with E-state index in [1.165, 1.54) is 24.0 Å². The number of hydrogen-bond donors (Lipinski definition) is 0. The van der Waals surface area contributed by atoms with Crippen LogP contribution in [0.4, 0.5) is 0 Å². The molecule has 0 spiro atoms. The minimum atomic E-state index is -1.58. The fourth-order valence-electron chi connectivity index (χ4n) is 4.02. The van der Waals surface area contributed by atoms with Gasteiger partial charge in [0.15, 0.2) is 0 Å². The second kappa shape index (κ2) is 10.3. The number of benzene rings is 2. The summed E-state index contributed by atoms with van der Waals surface area (Å²) in [6, 6.07) is 20.8. The van der Waals surface area contributed by atoms with Crippen molar-refractivity contribution < 1.29 is 20.6 Å². The fourth-order valence-corrected chi connectivity index (χ4v) is 33.5. The van der Waals surface area contributed by atoms with Crippen LogP contribution in [0.2, 0.25) is 13.1 Å². The summed E-state index contributed by atoms with van der Waals surface area (Å²) in [6.45, 7) is 9.83. The van der Waals surface area contributed by atoms with Crippen molar-refractivity contribution >= 4 is 5.98 Å². The molecular weight excluding hydrogens is 519 g/mol. The molecule has 0 bridgehead atoms. The van der Waals surface area contributed by atoms with Crippen molar-refractivity contribution in [2.75, 3.05) is 0 Å². The predicted octanol–water partition coefficient (Wildman–Crippen LogP) is 7.41. The molecule has 0 saturated carbocycles. The molecule has 0 N–H and O–H groups in total. The van der Waals surface area contributed by atoms with Gasteiger partial charge in [-0.25, -0.2) is 0 Å². The molecule has 2 aliphatic carbocycles. The molecule has 2 heteroatoms. The molecule has 4 rings (SSSR count). The predicted molar refractivity (Wildman–Crippen MR) is 124 cm³/mol. The van der Waals surface area contributed by atoms with Crippen molar-refractivity contribution in [2.45, 2.75) is 39.8 Å². The van der Waals surface area contributed by atoms with Gasteiger partial charge < -0.3 is 0 Å². The maximum atomic E-state index is 2.58. The first kappa shape index (κ1) is 21.2. The van der Waals surface area contributed by atoms with Crippen LogP contribution in [0.25, 0.3) is 11.1 Å². The number of hydrogen-bond acceptors (Lipinski definition) is 0. The zero-order valence-corrected chi connectivity index (χ0v) is 22.3. The summed E-state index contributed by atoms with van der Waals surface area (Å²) in [7, 11) is 0. The molecular formula is C26H31HfSi. The molecule has 0 nitrogen and oxygen atoms in total. The number of allylic oxidation sites excluding steroid dienone is 8. The van der Waals surface area contributed by atoms with Gasteiger partial charge in [0.25, 0.3) is 0 Å². The van der Waals surface area contributed by atoms with Crippen molar-refractivity contribution in [3.05, 3.63) is 103 Å². The molecule has 0 fully saturated rings. The zero-order chi connectivity index (χ0) is 19.9. The van der Waals surface area contributed by atoms with Gasteiger partial charge in [-0.2, -0.15) is 0 Å². The van der Waals surface area contributed by atoms with E-state index < -0.39 is 26.6 Å². The molecule has 0 atom stereocenters. The minimum absolute atomic E-state index is 0.452. The second-order valence-corrected chi connectivity index (χ2v) is 34.6. The van der Waals surface area contributed by atoms with Crippen molar-refractivity contribution in [2.24, 2.45) is 0 Å². The summed E-state index contributed by atoms with van der Waals surface area (Å²) in [4.78, 5) is 0. The molecule has 0 saturated heterocycles. The van der Waals surface area contributed by atoms with E-state index >= 15 is 0 Å². The monoisotopic (exact) mass is 551 g/mol. The third-order valence-corrected chi connectivity index (χ3v) is 33.7. The number of rotatable bonds is 4. The van der Waals surface area contributed by atoms with E-state index in [1.54, 1.807) is 11.1 Å². The van der Waals surface area contributed by atoms with Gasteiger partial charge in [-0.05, 0) is 11.1 Å². The summed E-state index contributed by atoms with van der Waals surface area (Å²) >= 11 is -1.58. The Hall–Kier alpha value is -1.51. The fraction of sp³-hybridized carbons (Fsp3) is 0.231. The molecule has 2 aromatic rings. The Labute approximate surface area is 179 Å².